The van der Waals surface area contributed by atoms with Gasteiger partial charge in [-0.3, -0.25) is 0 Å². The Balaban J connectivity index is 2.40. The van der Waals surface area contributed by atoms with Crippen molar-refractivity contribution in [2.45, 2.75) is 27.7 Å². The van der Waals surface area contributed by atoms with E-state index < -0.39 is 0 Å². The Morgan fingerprint density at radius 1 is 0.650 bits per heavy atom. The first-order valence-electron chi connectivity index (χ1n) is 7.14. The molecule has 0 heteroatoms. The summed E-state index contributed by atoms with van der Waals surface area (Å²) < 4.78 is 0. The minimum absolute atomic E-state index is 1.31. The Kier molecular flexibility index (Phi) is 3.10. The van der Waals surface area contributed by atoms with Gasteiger partial charge in [-0.05, 0) is 66.3 Å². The van der Waals surface area contributed by atoms with Crippen LogP contribution in [0.3, 0.4) is 0 Å². The Morgan fingerprint density at radius 3 is 2.05 bits per heavy atom. The maximum atomic E-state index is 2.33. The Hall–Kier alpha value is -2.08. The minimum atomic E-state index is 1.31. The van der Waals surface area contributed by atoms with Crippen molar-refractivity contribution < 1.29 is 0 Å². The summed E-state index contributed by atoms with van der Waals surface area (Å²) in [5, 5.41) is 2.76. The summed E-state index contributed by atoms with van der Waals surface area (Å²) in [6.45, 7) is 8.84. The third kappa shape index (κ3) is 2.02. The minimum Gasteiger partial charge on any atom is -0.0622 e. The third-order valence-electron chi connectivity index (χ3n) is 4.13. The van der Waals surface area contributed by atoms with E-state index in [1.54, 1.807) is 0 Å². The first kappa shape index (κ1) is 12.9. The fourth-order valence-electron chi connectivity index (χ4n) is 3.25. The Bertz CT molecular complexity index is 780. The van der Waals surface area contributed by atoms with Gasteiger partial charge < -0.3 is 0 Å². The second-order valence-corrected chi connectivity index (χ2v) is 5.74. The molecule has 0 aromatic heterocycles. The van der Waals surface area contributed by atoms with Crippen LogP contribution < -0.4 is 0 Å². The average molecular weight is 260 g/mol. The number of hydrogen-bond acceptors (Lipinski definition) is 0. The van der Waals surface area contributed by atoms with Gasteiger partial charge in [0.25, 0.3) is 0 Å². The molecule has 0 heterocycles. The monoisotopic (exact) mass is 260 g/mol. The fourth-order valence-corrected chi connectivity index (χ4v) is 3.25. The molecule has 0 saturated heterocycles. The van der Waals surface area contributed by atoms with Crippen LogP contribution in [0.15, 0.2) is 48.5 Å². The number of aryl methyl sites for hydroxylation is 4. The molecule has 0 amide bonds. The lowest BCUT2D eigenvalue weighted by molar-refractivity contribution is 1.37. The highest BCUT2D eigenvalue weighted by atomic mass is 14.1. The zero-order valence-corrected chi connectivity index (χ0v) is 12.6. The van der Waals surface area contributed by atoms with E-state index in [2.05, 4.69) is 76.2 Å². The van der Waals surface area contributed by atoms with Gasteiger partial charge in [-0.2, -0.15) is 0 Å². The molecule has 0 spiro atoms. The van der Waals surface area contributed by atoms with E-state index in [0.29, 0.717) is 0 Å². The molecular weight excluding hydrogens is 240 g/mol. The SMILES string of the molecule is Cc1cc(C)c2cc(C)c(-c3ccccc3)c(C)c2c1. The maximum Gasteiger partial charge on any atom is -0.0119 e. The van der Waals surface area contributed by atoms with Crippen molar-refractivity contribution in [1.29, 1.82) is 0 Å². The molecule has 0 nitrogen and oxygen atoms in total. The number of fused-ring (bicyclic) bond motifs is 1. The standard InChI is InChI=1S/C20H20/c1-13-10-14(2)18-12-15(3)20(16(4)19(18)11-13)17-8-6-5-7-9-17/h5-12H,1-4H3. The van der Waals surface area contributed by atoms with Gasteiger partial charge in [0.1, 0.15) is 0 Å². The molecule has 0 aliphatic rings. The highest BCUT2D eigenvalue weighted by Crippen LogP contribution is 2.34. The molecular formula is C20H20. The van der Waals surface area contributed by atoms with E-state index in [4.69, 9.17) is 0 Å². The third-order valence-corrected chi connectivity index (χ3v) is 4.13. The molecule has 3 aromatic rings. The van der Waals surface area contributed by atoms with Gasteiger partial charge in [0.15, 0.2) is 0 Å². The van der Waals surface area contributed by atoms with Gasteiger partial charge in [-0.1, -0.05) is 54.1 Å². The molecule has 0 saturated carbocycles. The zero-order valence-electron chi connectivity index (χ0n) is 12.6. The van der Waals surface area contributed by atoms with Crippen LogP contribution in [0.4, 0.5) is 0 Å². The highest BCUT2D eigenvalue weighted by Gasteiger charge is 2.11. The summed E-state index contributed by atoms with van der Waals surface area (Å²) >= 11 is 0. The maximum absolute atomic E-state index is 2.33. The largest absolute Gasteiger partial charge is 0.0622 e. The molecule has 20 heavy (non-hydrogen) atoms. The smallest absolute Gasteiger partial charge is 0.0119 e. The molecule has 0 fully saturated rings. The lowest BCUT2D eigenvalue weighted by atomic mass is 9.89. The fraction of sp³-hybridized carbons (Fsp3) is 0.200. The van der Waals surface area contributed by atoms with Gasteiger partial charge >= 0.3 is 0 Å². The molecule has 0 atom stereocenters. The van der Waals surface area contributed by atoms with Crippen molar-refractivity contribution in [3.8, 4) is 11.1 Å². The van der Waals surface area contributed by atoms with Gasteiger partial charge in [-0.15, -0.1) is 0 Å². The predicted octanol–water partition coefficient (Wildman–Crippen LogP) is 5.74. The van der Waals surface area contributed by atoms with Crippen LogP contribution in [-0.4, -0.2) is 0 Å². The summed E-state index contributed by atoms with van der Waals surface area (Å²) in [5.41, 5.74) is 8.13. The van der Waals surface area contributed by atoms with Gasteiger partial charge in [0.2, 0.25) is 0 Å². The van der Waals surface area contributed by atoms with E-state index in [1.165, 1.54) is 44.2 Å². The van der Waals surface area contributed by atoms with Crippen LogP contribution in [0.5, 0.6) is 0 Å². The van der Waals surface area contributed by atoms with Crippen LogP contribution in [0.2, 0.25) is 0 Å². The van der Waals surface area contributed by atoms with Gasteiger partial charge in [-0.25, -0.2) is 0 Å². The Morgan fingerprint density at radius 2 is 1.35 bits per heavy atom. The zero-order chi connectivity index (χ0) is 14.3. The second kappa shape index (κ2) is 4.79. The number of rotatable bonds is 1. The molecule has 100 valence electrons. The molecule has 0 aliphatic carbocycles. The summed E-state index contributed by atoms with van der Waals surface area (Å²) in [4.78, 5) is 0. The number of benzene rings is 3. The van der Waals surface area contributed by atoms with Crippen molar-refractivity contribution in [3.05, 3.63) is 70.8 Å². The lowest BCUT2D eigenvalue weighted by Crippen LogP contribution is -1.93. The van der Waals surface area contributed by atoms with Crippen molar-refractivity contribution in [2.24, 2.45) is 0 Å². The molecule has 3 rings (SSSR count). The van der Waals surface area contributed by atoms with Crippen molar-refractivity contribution in [2.75, 3.05) is 0 Å². The van der Waals surface area contributed by atoms with E-state index in [-0.39, 0.29) is 0 Å². The van der Waals surface area contributed by atoms with Gasteiger partial charge in [0.05, 0.1) is 0 Å². The predicted molar refractivity (Wildman–Crippen MR) is 88.3 cm³/mol. The quantitative estimate of drug-likeness (QED) is 0.523. The summed E-state index contributed by atoms with van der Waals surface area (Å²) in [6.07, 6.45) is 0. The average Bonchev–Trinajstić information content (AvgIpc) is 2.42. The first-order chi connectivity index (χ1) is 9.58. The molecule has 0 radical (unpaired) electrons. The van der Waals surface area contributed by atoms with Crippen LogP contribution in [0, 0.1) is 27.7 Å². The van der Waals surface area contributed by atoms with Crippen molar-refractivity contribution >= 4 is 10.8 Å². The number of hydrogen-bond donors (Lipinski definition) is 0. The molecule has 0 N–H and O–H groups in total. The van der Waals surface area contributed by atoms with Crippen LogP contribution in [0.1, 0.15) is 22.3 Å². The van der Waals surface area contributed by atoms with E-state index in [1.807, 2.05) is 0 Å². The topological polar surface area (TPSA) is 0 Å². The van der Waals surface area contributed by atoms with Crippen LogP contribution in [-0.2, 0) is 0 Å². The molecule has 0 aliphatic heterocycles. The van der Waals surface area contributed by atoms with E-state index >= 15 is 0 Å². The lowest BCUT2D eigenvalue weighted by Gasteiger charge is -2.15. The highest BCUT2D eigenvalue weighted by molar-refractivity contribution is 5.95. The summed E-state index contributed by atoms with van der Waals surface area (Å²) in [7, 11) is 0. The van der Waals surface area contributed by atoms with Crippen LogP contribution in [0.25, 0.3) is 21.9 Å². The first-order valence-corrected chi connectivity index (χ1v) is 7.14. The van der Waals surface area contributed by atoms with Crippen LogP contribution >= 0.6 is 0 Å². The molecule has 0 unspecified atom stereocenters. The van der Waals surface area contributed by atoms with E-state index in [0.717, 1.165) is 0 Å². The van der Waals surface area contributed by atoms with Crippen molar-refractivity contribution in [3.63, 3.8) is 0 Å². The molecule has 3 aromatic carbocycles. The Labute approximate surface area is 121 Å². The van der Waals surface area contributed by atoms with E-state index in [9.17, 15) is 0 Å². The summed E-state index contributed by atoms with van der Waals surface area (Å²) in [5.74, 6) is 0. The molecule has 0 bridgehead atoms. The van der Waals surface area contributed by atoms with Crippen molar-refractivity contribution in [1.82, 2.24) is 0 Å². The van der Waals surface area contributed by atoms with Gasteiger partial charge in [0, 0.05) is 0 Å². The normalized spacial score (nSPS) is 11.0. The second-order valence-electron chi connectivity index (χ2n) is 5.74. The summed E-state index contributed by atoms with van der Waals surface area (Å²) in [6, 6.07) is 17.6.